The Balaban J connectivity index is 2.61. The third-order valence-electron chi connectivity index (χ3n) is 2.14. The normalized spacial score (nSPS) is 10.6. The molecule has 94 valence electrons. The standard InChI is InChI=1S/C11H13F2NO3/c1-16-10(17-2)6-14-11(15)7-3-4-8(12)9(13)5-7/h3-5,10H,6H2,1-2H3,(H,14,15). The van der Waals surface area contributed by atoms with Gasteiger partial charge in [0.25, 0.3) is 5.91 Å². The van der Waals surface area contributed by atoms with Gasteiger partial charge in [0.2, 0.25) is 0 Å². The van der Waals surface area contributed by atoms with Gasteiger partial charge in [-0.2, -0.15) is 0 Å². The van der Waals surface area contributed by atoms with Gasteiger partial charge in [-0.25, -0.2) is 8.78 Å². The SMILES string of the molecule is COC(CNC(=O)c1ccc(F)c(F)c1)OC. The lowest BCUT2D eigenvalue weighted by Gasteiger charge is -2.13. The van der Waals surface area contributed by atoms with Crippen molar-refractivity contribution >= 4 is 5.91 Å². The molecular formula is C11H13F2NO3. The first-order chi connectivity index (χ1) is 8.08. The summed E-state index contributed by atoms with van der Waals surface area (Å²) in [5, 5.41) is 2.47. The molecule has 0 aromatic heterocycles. The molecule has 0 atom stereocenters. The van der Waals surface area contributed by atoms with Crippen LogP contribution in [0, 0.1) is 11.6 Å². The summed E-state index contributed by atoms with van der Waals surface area (Å²) in [6.07, 6.45) is -0.579. The maximum absolute atomic E-state index is 12.9. The summed E-state index contributed by atoms with van der Waals surface area (Å²) in [4.78, 5) is 11.5. The van der Waals surface area contributed by atoms with E-state index < -0.39 is 23.8 Å². The number of nitrogens with one attached hydrogen (secondary N) is 1. The fourth-order valence-electron chi connectivity index (χ4n) is 1.18. The molecule has 0 fully saturated rings. The fraction of sp³-hybridized carbons (Fsp3) is 0.364. The predicted molar refractivity (Wildman–Crippen MR) is 56.5 cm³/mol. The Morgan fingerprint density at radius 1 is 1.29 bits per heavy atom. The Labute approximate surface area is 97.5 Å². The van der Waals surface area contributed by atoms with Crippen LogP contribution in [0.4, 0.5) is 8.78 Å². The summed E-state index contributed by atoms with van der Waals surface area (Å²) in [5.74, 6) is -2.58. The van der Waals surface area contributed by atoms with E-state index in [1.807, 2.05) is 0 Å². The number of hydrogen-bond donors (Lipinski definition) is 1. The van der Waals surface area contributed by atoms with Crippen LogP contribution < -0.4 is 5.32 Å². The molecule has 0 unspecified atom stereocenters. The molecule has 1 amide bonds. The summed E-state index contributed by atoms with van der Waals surface area (Å²) in [7, 11) is 2.86. The van der Waals surface area contributed by atoms with E-state index in [0.29, 0.717) is 0 Å². The maximum atomic E-state index is 12.9. The van der Waals surface area contributed by atoms with Crippen molar-refractivity contribution in [2.75, 3.05) is 20.8 Å². The number of halogens is 2. The molecular weight excluding hydrogens is 232 g/mol. The molecule has 0 heterocycles. The summed E-state index contributed by atoms with van der Waals surface area (Å²) in [6, 6.07) is 2.93. The van der Waals surface area contributed by atoms with Crippen LogP contribution in [0.25, 0.3) is 0 Å². The average Bonchev–Trinajstić information content (AvgIpc) is 2.33. The van der Waals surface area contributed by atoms with Crippen molar-refractivity contribution < 1.29 is 23.0 Å². The zero-order valence-electron chi connectivity index (χ0n) is 9.50. The van der Waals surface area contributed by atoms with Crippen LogP contribution in [0.5, 0.6) is 0 Å². The van der Waals surface area contributed by atoms with Gasteiger partial charge < -0.3 is 14.8 Å². The second-order valence-electron chi connectivity index (χ2n) is 3.24. The molecule has 0 spiro atoms. The highest BCUT2D eigenvalue weighted by molar-refractivity contribution is 5.94. The van der Waals surface area contributed by atoms with Crippen molar-refractivity contribution in [3.05, 3.63) is 35.4 Å². The van der Waals surface area contributed by atoms with Gasteiger partial charge in [0, 0.05) is 19.8 Å². The average molecular weight is 245 g/mol. The topological polar surface area (TPSA) is 47.6 Å². The van der Waals surface area contributed by atoms with E-state index in [1.165, 1.54) is 20.3 Å². The van der Waals surface area contributed by atoms with E-state index >= 15 is 0 Å². The Hall–Kier alpha value is -1.53. The predicted octanol–water partition coefficient (Wildman–Crippen LogP) is 1.31. The first-order valence-corrected chi connectivity index (χ1v) is 4.87. The van der Waals surface area contributed by atoms with E-state index in [-0.39, 0.29) is 12.1 Å². The summed E-state index contributed by atoms with van der Waals surface area (Å²) in [5.41, 5.74) is 0.0369. The zero-order chi connectivity index (χ0) is 12.8. The lowest BCUT2D eigenvalue weighted by Crippen LogP contribution is -2.34. The zero-order valence-corrected chi connectivity index (χ0v) is 9.50. The quantitative estimate of drug-likeness (QED) is 0.796. The van der Waals surface area contributed by atoms with Crippen LogP contribution in [-0.4, -0.2) is 33.0 Å². The van der Waals surface area contributed by atoms with Crippen molar-refractivity contribution in [2.24, 2.45) is 0 Å². The molecule has 1 rings (SSSR count). The van der Waals surface area contributed by atoms with Crippen molar-refractivity contribution in [2.45, 2.75) is 6.29 Å². The molecule has 0 aliphatic carbocycles. The highest BCUT2D eigenvalue weighted by Gasteiger charge is 2.11. The number of hydrogen-bond acceptors (Lipinski definition) is 3. The molecule has 1 N–H and O–H groups in total. The fourth-order valence-corrected chi connectivity index (χ4v) is 1.18. The molecule has 0 saturated heterocycles. The molecule has 1 aromatic rings. The highest BCUT2D eigenvalue weighted by Crippen LogP contribution is 2.08. The monoisotopic (exact) mass is 245 g/mol. The lowest BCUT2D eigenvalue weighted by atomic mass is 10.2. The highest BCUT2D eigenvalue weighted by atomic mass is 19.2. The second-order valence-corrected chi connectivity index (χ2v) is 3.24. The van der Waals surface area contributed by atoms with E-state index in [4.69, 9.17) is 9.47 Å². The van der Waals surface area contributed by atoms with Crippen molar-refractivity contribution in [1.29, 1.82) is 0 Å². The Morgan fingerprint density at radius 2 is 1.94 bits per heavy atom. The van der Waals surface area contributed by atoms with Gasteiger partial charge in [-0.15, -0.1) is 0 Å². The van der Waals surface area contributed by atoms with Gasteiger partial charge in [0.1, 0.15) is 0 Å². The number of carbonyl (C=O) groups is 1. The van der Waals surface area contributed by atoms with Crippen LogP contribution >= 0.6 is 0 Å². The molecule has 0 saturated carbocycles. The number of methoxy groups -OCH3 is 2. The maximum Gasteiger partial charge on any atom is 0.251 e. The Kier molecular flexibility index (Phi) is 4.99. The van der Waals surface area contributed by atoms with Gasteiger partial charge in [-0.05, 0) is 18.2 Å². The van der Waals surface area contributed by atoms with Gasteiger partial charge in [0.05, 0.1) is 6.54 Å². The number of carbonyl (C=O) groups excluding carboxylic acids is 1. The molecule has 6 heteroatoms. The Bertz CT molecular complexity index is 394. The molecule has 0 aliphatic rings. The minimum absolute atomic E-state index is 0.0369. The molecule has 0 aliphatic heterocycles. The van der Waals surface area contributed by atoms with Crippen LogP contribution in [-0.2, 0) is 9.47 Å². The van der Waals surface area contributed by atoms with Crippen LogP contribution in [0.15, 0.2) is 18.2 Å². The molecule has 1 aromatic carbocycles. The Morgan fingerprint density at radius 3 is 2.47 bits per heavy atom. The minimum atomic E-state index is -1.06. The number of amides is 1. The lowest BCUT2D eigenvalue weighted by molar-refractivity contribution is -0.0974. The van der Waals surface area contributed by atoms with Crippen LogP contribution in [0.2, 0.25) is 0 Å². The second kappa shape index (κ2) is 6.27. The summed E-state index contributed by atoms with van der Waals surface area (Å²) < 4.78 is 35.2. The first-order valence-electron chi connectivity index (χ1n) is 4.87. The first kappa shape index (κ1) is 13.5. The molecule has 0 radical (unpaired) electrons. The van der Waals surface area contributed by atoms with Crippen LogP contribution in [0.3, 0.4) is 0 Å². The van der Waals surface area contributed by atoms with Gasteiger partial charge in [-0.3, -0.25) is 4.79 Å². The third kappa shape index (κ3) is 3.76. The van der Waals surface area contributed by atoms with Gasteiger partial charge in [-0.1, -0.05) is 0 Å². The van der Waals surface area contributed by atoms with Crippen molar-refractivity contribution in [3.8, 4) is 0 Å². The molecule has 17 heavy (non-hydrogen) atoms. The molecule has 0 bridgehead atoms. The van der Waals surface area contributed by atoms with E-state index in [9.17, 15) is 13.6 Å². The number of benzene rings is 1. The third-order valence-corrected chi connectivity index (χ3v) is 2.14. The van der Waals surface area contributed by atoms with E-state index in [0.717, 1.165) is 12.1 Å². The van der Waals surface area contributed by atoms with Crippen molar-refractivity contribution in [1.82, 2.24) is 5.32 Å². The van der Waals surface area contributed by atoms with E-state index in [2.05, 4.69) is 5.32 Å². The van der Waals surface area contributed by atoms with Gasteiger partial charge in [0.15, 0.2) is 17.9 Å². The van der Waals surface area contributed by atoms with E-state index in [1.54, 1.807) is 0 Å². The number of ether oxygens (including phenoxy) is 2. The van der Waals surface area contributed by atoms with Crippen LogP contribution in [0.1, 0.15) is 10.4 Å². The van der Waals surface area contributed by atoms with Crippen molar-refractivity contribution in [3.63, 3.8) is 0 Å². The summed E-state index contributed by atoms with van der Waals surface area (Å²) >= 11 is 0. The smallest absolute Gasteiger partial charge is 0.251 e. The largest absolute Gasteiger partial charge is 0.354 e. The minimum Gasteiger partial charge on any atom is -0.354 e. The van der Waals surface area contributed by atoms with Gasteiger partial charge >= 0.3 is 0 Å². The summed E-state index contributed by atoms with van der Waals surface area (Å²) in [6.45, 7) is 0.116. The molecule has 4 nitrogen and oxygen atoms in total. The number of rotatable bonds is 5.